The lowest BCUT2D eigenvalue weighted by Gasteiger charge is -2.10. The van der Waals surface area contributed by atoms with Gasteiger partial charge in [0.2, 0.25) is 0 Å². The maximum Gasteiger partial charge on any atom is 0.196 e. The second-order valence-corrected chi connectivity index (χ2v) is 6.89. The number of thiazole rings is 1. The first-order valence-corrected chi connectivity index (χ1v) is 9.51. The molecule has 0 saturated heterocycles. The molecule has 0 bridgehead atoms. The van der Waals surface area contributed by atoms with Gasteiger partial charge in [-0.3, -0.25) is 4.57 Å². The van der Waals surface area contributed by atoms with Gasteiger partial charge in [-0.05, 0) is 61.0 Å². The number of hydrogen-bond donors (Lipinski definition) is 0. The van der Waals surface area contributed by atoms with E-state index in [1.807, 2.05) is 55.5 Å². The third-order valence-electron chi connectivity index (χ3n) is 4.19. The Hall–Kier alpha value is -3.18. The molecule has 0 amide bonds. The van der Waals surface area contributed by atoms with Crippen LogP contribution in [0.5, 0.6) is 5.75 Å². The molecule has 0 unspecified atom stereocenters. The van der Waals surface area contributed by atoms with Crippen molar-refractivity contribution in [2.24, 2.45) is 4.99 Å². The zero-order chi connectivity index (χ0) is 18.6. The van der Waals surface area contributed by atoms with E-state index in [1.165, 1.54) is 0 Å². The van der Waals surface area contributed by atoms with Crippen LogP contribution in [-0.4, -0.2) is 16.7 Å². The van der Waals surface area contributed by atoms with Crippen LogP contribution in [0.4, 0.5) is 5.82 Å². The zero-order valence-electron chi connectivity index (χ0n) is 15.2. The SMILES string of the molecule is COc1ccc(-c2cs/c(=N\c3cccc(C)n3)n2-c2ccccc2)cc1. The fraction of sp³-hybridized carbons (Fsp3) is 0.0909. The number of benzene rings is 2. The lowest BCUT2D eigenvalue weighted by Crippen LogP contribution is -2.13. The Balaban J connectivity index is 1.91. The predicted molar refractivity (Wildman–Crippen MR) is 110 cm³/mol. The van der Waals surface area contributed by atoms with Gasteiger partial charge >= 0.3 is 0 Å². The number of ether oxygens (including phenoxy) is 1. The average Bonchev–Trinajstić information content (AvgIpc) is 3.12. The van der Waals surface area contributed by atoms with E-state index < -0.39 is 0 Å². The van der Waals surface area contributed by atoms with E-state index in [0.29, 0.717) is 5.82 Å². The summed E-state index contributed by atoms with van der Waals surface area (Å²) in [4.78, 5) is 10.2. The molecule has 0 spiro atoms. The van der Waals surface area contributed by atoms with E-state index in [-0.39, 0.29) is 0 Å². The normalized spacial score (nSPS) is 11.6. The molecular weight excluding hydrogens is 354 g/mol. The van der Waals surface area contributed by atoms with Crippen LogP contribution in [0, 0.1) is 6.92 Å². The van der Waals surface area contributed by atoms with E-state index >= 15 is 0 Å². The minimum atomic E-state index is 0.711. The van der Waals surface area contributed by atoms with Crippen molar-refractivity contribution in [1.82, 2.24) is 9.55 Å². The van der Waals surface area contributed by atoms with Crippen molar-refractivity contribution in [2.45, 2.75) is 6.92 Å². The summed E-state index contributed by atoms with van der Waals surface area (Å²) in [6.07, 6.45) is 0. The number of hydrogen-bond acceptors (Lipinski definition) is 4. The molecule has 0 saturated carbocycles. The van der Waals surface area contributed by atoms with Gasteiger partial charge in [0.25, 0.3) is 0 Å². The first-order chi connectivity index (χ1) is 13.2. The lowest BCUT2D eigenvalue weighted by molar-refractivity contribution is 0.415. The van der Waals surface area contributed by atoms with Crippen molar-refractivity contribution in [3.63, 3.8) is 0 Å². The molecule has 2 aromatic heterocycles. The number of pyridine rings is 1. The van der Waals surface area contributed by atoms with Crippen LogP contribution in [0.25, 0.3) is 16.9 Å². The van der Waals surface area contributed by atoms with E-state index in [9.17, 15) is 0 Å². The third-order valence-corrected chi connectivity index (χ3v) is 5.02. The fourth-order valence-electron chi connectivity index (χ4n) is 2.87. The highest BCUT2D eigenvalue weighted by atomic mass is 32.1. The minimum absolute atomic E-state index is 0.711. The summed E-state index contributed by atoms with van der Waals surface area (Å²) in [5.74, 6) is 1.55. The number of methoxy groups -OCH3 is 1. The summed E-state index contributed by atoms with van der Waals surface area (Å²) in [6, 6.07) is 24.2. The van der Waals surface area contributed by atoms with Gasteiger partial charge in [0.05, 0.1) is 12.8 Å². The summed E-state index contributed by atoms with van der Waals surface area (Å²) in [5.41, 5.74) is 4.21. The van der Waals surface area contributed by atoms with Crippen molar-refractivity contribution >= 4 is 17.2 Å². The maximum absolute atomic E-state index is 5.28. The Morgan fingerprint density at radius 2 is 1.70 bits per heavy atom. The van der Waals surface area contributed by atoms with Gasteiger partial charge in [0.1, 0.15) is 5.75 Å². The summed E-state index contributed by atoms with van der Waals surface area (Å²) in [5, 5.41) is 2.13. The van der Waals surface area contributed by atoms with E-state index in [4.69, 9.17) is 9.73 Å². The molecule has 0 aliphatic carbocycles. The standard InChI is InChI=1S/C22H19N3OS/c1-16-7-6-10-21(23-16)24-22-25(18-8-4-3-5-9-18)20(15-27-22)17-11-13-19(26-2)14-12-17/h3-15H,1-2H3/b24-22-. The van der Waals surface area contributed by atoms with Crippen LogP contribution >= 0.6 is 11.3 Å². The van der Waals surface area contributed by atoms with Gasteiger partial charge in [0.15, 0.2) is 10.6 Å². The second kappa shape index (κ2) is 7.60. The highest BCUT2D eigenvalue weighted by Crippen LogP contribution is 2.26. The van der Waals surface area contributed by atoms with E-state index in [1.54, 1.807) is 18.4 Å². The fourth-order valence-corrected chi connectivity index (χ4v) is 3.78. The molecule has 0 N–H and O–H groups in total. The number of para-hydroxylation sites is 1. The van der Waals surface area contributed by atoms with Crippen LogP contribution in [0.15, 0.2) is 83.2 Å². The maximum atomic E-state index is 5.28. The smallest absolute Gasteiger partial charge is 0.196 e. The Morgan fingerprint density at radius 3 is 2.41 bits per heavy atom. The van der Waals surface area contributed by atoms with Crippen molar-refractivity contribution < 1.29 is 4.74 Å². The first kappa shape index (κ1) is 17.2. The highest BCUT2D eigenvalue weighted by molar-refractivity contribution is 7.07. The molecule has 0 atom stereocenters. The van der Waals surface area contributed by atoms with Gasteiger partial charge in [-0.25, -0.2) is 9.98 Å². The van der Waals surface area contributed by atoms with Crippen molar-refractivity contribution in [3.05, 3.63) is 88.7 Å². The number of aromatic nitrogens is 2. The van der Waals surface area contributed by atoms with Crippen LogP contribution < -0.4 is 9.54 Å². The molecule has 2 heterocycles. The van der Waals surface area contributed by atoms with Gasteiger partial charge < -0.3 is 4.74 Å². The third kappa shape index (κ3) is 3.68. The summed E-state index contributed by atoms with van der Waals surface area (Å²) >= 11 is 1.60. The number of nitrogens with zero attached hydrogens (tertiary/aromatic N) is 3. The largest absolute Gasteiger partial charge is 0.497 e. The molecule has 0 radical (unpaired) electrons. The molecular formula is C22H19N3OS. The monoisotopic (exact) mass is 373 g/mol. The van der Waals surface area contributed by atoms with E-state index in [2.05, 4.69) is 39.2 Å². The van der Waals surface area contributed by atoms with Crippen molar-refractivity contribution in [2.75, 3.05) is 7.11 Å². The van der Waals surface area contributed by atoms with Gasteiger partial charge in [0, 0.05) is 16.8 Å². The first-order valence-electron chi connectivity index (χ1n) is 8.63. The summed E-state index contributed by atoms with van der Waals surface area (Å²) in [7, 11) is 1.68. The topological polar surface area (TPSA) is 39.4 Å². The molecule has 0 fully saturated rings. The molecule has 4 rings (SSSR count). The molecule has 5 heteroatoms. The molecule has 0 aliphatic rings. The molecule has 2 aromatic carbocycles. The molecule has 4 aromatic rings. The van der Waals surface area contributed by atoms with Gasteiger partial charge in [-0.1, -0.05) is 24.3 Å². The highest BCUT2D eigenvalue weighted by Gasteiger charge is 2.10. The predicted octanol–water partition coefficient (Wildman–Crippen LogP) is 5.15. The Labute approximate surface area is 162 Å². The number of aryl methyl sites for hydroxylation is 1. The Morgan fingerprint density at radius 1 is 0.926 bits per heavy atom. The van der Waals surface area contributed by atoms with E-state index in [0.717, 1.165) is 33.2 Å². The summed E-state index contributed by atoms with van der Waals surface area (Å²) < 4.78 is 7.45. The van der Waals surface area contributed by atoms with Crippen LogP contribution in [0.3, 0.4) is 0 Å². The molecule has 27 heavy (non-hydrogen) atoms. The lowest BCUT2D eigenvalue weighted by atomic mass is 10.1. The molecule has 134 valence electrons. The molecule has 4 nitrogen and oxygen atoms in total. The molecule has 0 aliphatic heterocycles. The number of rotatable bonds is 4. The summed E-state index contributed by atoms with van der Waals surface area (Å²) in [6.45, 7) is 1.97. The van der Waals surface area contributed by atoms with Crippen LogP contribution in [0.2, 0.25) is 0 Å². The Kier molecular flexibility index (Phi) is 4.85. The van der Waals surface area contributed by atoms with Crippen LogP contribution in [0.1, 0.15) is 5.69 Å². The van der Waals surface area contributed by atoms with Crippen molar-refractivity contribution in [1.29, 1.82) is 0 Å². The van der Waals surface area contributed by atoms with Crippen molar-refractivity contribution in [3.8, 4) is 22.7 Å². The van der Waals surface area contributed by atoms with Gasteiger partial charge in [-0.2, -0.15) is 0 Å². The Bertz CT molecular complexity index is 1110. The second-order valence-electron chi connectivity index (χ2n) is 6.05. The minimum Gasteiger partial charge on any atom is -0.497 e. The average molecular weight is 373 g/mol. The van der Waals surface area contributed by atoms with Crippen LogP contribution in [-0.2, 0) is 0 Å². The quantitative estimate of drug-likeness (QED) is 0.496. The zero-order valence-corrected chi connectivity index (χ0v) is 16.0. The van der Waals surface area contributed by atoms with Gasteiger partial charge in [-0.15, -0.1) is 11.3 Å².